The van der Waals surface area contributed by atoms with Gasteiger partial charge in [-0.15, -0.1) is 0 Å². The Morgan fingerprint density at radius 3 is 2.52 bits per heavy atom. The minimum Gasteiger partial charge on any atom is -0.357 e. The quantitative estimate of drug-likeness (QED) is 0.388. The number of guanidine groups is 1. The molecule has 1 amide bonds. The van der Waals surface area contributed by atoms with Gasteiger partial charge < -0.3 is 16.0 Å². The molecule has 0 radical (unpaired) electrons. The van der Waals surface area contributed by atoms with Crippen LogP contribution < -0.4 is 16.0 Å². The molecule has 1 aromatic rings. The van der Waals surface area contributed by atoms with Crippen LogP contribution in [-0.4, -0.2) is 38.0 Å². The first-order chi connectivity index (χ1) is 11.0. The Bertz CT molecular complexity index is 517. The van der Waals surface area contributed by atoms with E-state index in [1.165, 1.54) is 6.07 Å². The average molecular weight is 322 g/mol. The van der Waals surface area contributed by atoms with Crippen molar-refractivity contribution in [1.82, 2.24) is 16.0 Å². The maximum Gasteiger partial charge on any atom is 0.222 e. The number of nitrogens with one attached hydrogen (secondary N) is 3. The lowest BCUT2D eigenvalue weighted by Gasteiger charge is -2.12. The first kappa shape index (κ1) is 18.9. The van der Waals surface area contributed by atoms with Crippen molar-refractivity contribution in [3.8, 4) is 0 Å². The first-order valence-corrected chi connectivity index (χ1v) is 8.07. The van der Waals surface area contributed by atoms with E-state index in [1.54, 1.807) is 12.1 Å². The molecule has 3 N–H and O–H groups in total. The number of amides is 1. The van der Waals surface area contributed by atoms with Crippen LogP contribution in [0.2, 0.25) is 0 Å². The van der Waals surface area contributed by atoms with Gasteiger partial charge in [-0.3, -0.25) is 9.79 Å². The number of aliphatic imine (C=N–C) groups is 1. The molecule has 0 spiro atoms. The van der Waals surface area contributed by atoms with Crippen LogP contribution in [-0.2, 0) is 11.2 Å². The van der Waals surface area contributed by atoms with E-state index < -0.39 is 0 Å². The molecular formula is C17H27FN4O. The van der Waals surface area contributed by atoms with E-state index >= 15 is 0 Å². The molecular weight excluding hydrogens is 295 g/mol. The van der Waals surface area contributed by atoms with E-state index in [0.717, 1.165) is 6.54 Å². The van der Waals surface area contributed by atoms with E-state index in [-0.39, 0.29) is 17.6 Å². The van der Waals surface area contributed by atoms with Gasteiger partial charge in [0.2, 0.25) is 5.91 Å². The summed E-state index contributed by atoms with van der Waals surface area (Å²) in [6.07, 6.45) is 0.549. The highest BCUT2D eigenvalue weighted by Crippen LogP contribution is 2.06. The highest BCUT2D eigenvalue weighted by molar-refractivity contribution is 5.80. The summed E-state index contributed by atoms with van der Waals surface area (Å²) in [5, 5.41) is 9.11. The lowest BCUT2D eigenvalue weighted by molar-refractivity contribution is -0.123. The van der Waals surface area contributed by atoms with Crippen LogP contribution in [0.15, 0.2) is 29.3 Å². The molecule has 6 heteroatoms. The Morgan fingerprint density at radius 2 is 1.87 bits per heavy atom. The van der Waals surface area contributed by atoms with Crippen molar-refractivity contribution in [3.63, 3.8) is 0 Å². The molecule has 0 aromatic heterocycles. The molecule has 5 nitrogen and oxygen atoms in total. The van der Waals surface area contributed by atoms with Crippen LogP contribution in [0.3, 0.4) is 0 Å². The highest BCUT2D eigenvalue weighted by atomic mass is 19.1. The van der Waals surface area contributed by atoms with Gasteiger partial charge in [0.15, 0.2) is 5.96 Å². The third-order valence-electron chi connectivity index (χ3n) is 3.19. The molecule has 0 saturated heterocycles. The van der Waals surface area contributed by atoms with Crippen molar-refractivity contribution in [3.05, 3.63) is 35.6 Å². The van der Waals surface area contributed by atoms with Crippen LogP contribution in [0.25, 0.3) is 0 Å². The number of nitrogens with zero attached hydrogens (tertiary/aromatic N) is 1. The number of carbonyl (C=O) groups excluding carboxylic acids is 1. The van der Waals surface area contributed by atoms with Crippen molar-refractivity contribution in [1.29, 1.82) is 0 Å². The molecule has 0 aliphatic carbocycles. The fourth-order valence-electron chi connectivity index (χ4n) is 1.90. The average Bonchev–Trinajstić information content (AvgIpc) is 2.52. The Hall–Kier alpha value is -2.11. The number of rotatable bonds is 8. The van der Waals surface area contributed by atoms with Gasteiger partial charge >= 0.3 is 0 Å². The molecule has 0 saturated carbocycles. The summed E-state index contributed by atoms with van der Waals surface area (Å²) < 4.78 is 13.5. The van der Waals surface area contributed by atoms with E-state index in [4.69, 9.17) is 0 Å². The first-order valence-electron chi connectivity index (χ1n) is 8.07. The SMILES string of the molecule is CCNC(=NCCc1ccccc1F)NCCNC(=O)C(C)C. The molecule has 0 aliphatic heterocycles. The molecule has 0 unspecified atom stereocenters. The second-order valence-corrected chi connectivity index (χ2v) is 5.47. The molecule has 0 atom stereocenters. The predicted molar refractivity (Wildman–Crippen MR) is 91.9 cm³/mol. The van der Waals surface area contributed by atoms with Gasteiger partial charge in [0.05, 0.1) is 0 Å². The van der Waals surface area contributed by atoms with Gasteiger partial charge in [-0.05, 0) is 25.0 Å². The zero-order chi connectivity index (χ0) is 17.1. The fraction of sp³-hybridized carbons (Fsp3) is 0.529. The smallest absolute Gasteiger partial charge is 0.222 e. The van der Waals surface area contributed by atoms with Crippen LogP contribution in [0.5, 0.6) is 0 Å². The summed E-state index contributed by atoms with van der Waals surface area (Å²) in [5.74, 6) is 0.491. The maximum absolute atomic E-state index is 13.5. The molecule has 0 heterocycles. The zero-order valence-electron chi connectivity index (χ0n) is 14.2. The fourth-order valence-corrected chi connectivity index (χ4v) is 1.90. The van der Waals surface area contributed by atoms with E-state index in [2.05, 4.69) is 20.9 Å². The van der Waals surface area contributed by atoms with Crippen molar-refractivity contribution in [2.75, 3.05) is 26.2 Å². The summed E-state index contributed by atoms with van der Waals surface area (Å²) in [6.45, 7) is 8.06. The molecule has 1 rings (SSSR count). The number of hydrogen-bond donors (Lipinski definition) is 3. The van der Waals surface area contributed by atoms with Crippen LogP contribution in [0, 0.1) is 11.7 Å². The summed E-state index contributed by atoms with van der Waals surface area (Å²) >= 11 is 0. The van der Waals surface area contributed by atoms with Crippen LogP contribution >= 0.6 is 0 Å². The number of carbonyl (C=O) groups is 1. The minimum atomic E-state index is -0.197. The van der Waals surface area contributed by atoms with Crippen molar-refractivity contribution < 1.29 is 9.18 Å². The summed E-state index contributed by atoms with van der Waals surface area (Å²) in [5.41, 5.74) is 0.663. The van der Waals surface area contributed by atoms with Gasteiger partial charge in [0.1, 0.15) is 5.82 Å². The molecule has 0 bridgehead atoms. The van der Waals surface area contributed by atoms with Gasteiger partial charge in [-0.1, -0.05) is 32.0 Å². The van der Waals surface area contributed by atoms with E-state index in [1.807, 2.05) is 26.8 Å². The summed E-state index contributed by atoms with van der Waals surface area (Å²) in [4.78, 5) is 15.9. The molecule has 23 heavy (non-hydrogen) atoms. The normalized spacial score (nSPS) is 11.4. The minimum absolute atomic E-state index is 0.0160. The third kappa shape index (κ3) is 7.63. The van der Waals surface area contributed by atoms with Crippen LogP contribution in [0.4, 0.5) is 4.39 Å². The Kier molecular flexibility index (Phi) is 8.72. The van der Waals surface area contributed by atoms with E-state index in [9.17, 15) is 9.18 Å². The Labute approximate surface area is 137 Å². The van der Waals surface area contributed by atoms with Crippen LogP contribution in [0.1, 0.15) is 26.3 Å². The van der Waals surface area contributed by atoms with Gasteiger partial charge in [-0.2, -0.15) is 0 Å². The molecule has 0 aliphatic rings. The summed E-state index contributed by atoms with van der Waals surface area (Å²) in [6, 6.07) is 6.73. The number of halogens is 1. The monoisotopic (exact) mass is 322 g/mol. The van der Waals surface area contributed by atoms with Gasteiger partial charge in [-0.25, -0.2) is 4.39 Å². The third-order valence-corrected chi connectivity index (χ3v) is 3.19. The molecule has 1 aromatic carbocycles. The molecule has 0 fully saturated rings. The Morgan fingerprint density at radius 1 is 1.17 bits per heavy atom. The summed E-state index contributed by atoms with van der Waals surface area (Å²) in [7, 11) is 0. The second-order valence-electron chi connectivity index (χ2n) is 5.47. The molecule has 128 valence electrons. The topological polar surface area (TPSA) is 65.5 Å². The van der Waals surface area contributed by atoms with E-state index in [0.29, 0.717) is 37.6 Å². The van der Waals surface area contributed by atoms with Gasteiger partial charge in [0, 0.05) is 32.1 Å². The standard InChI is InChI=1S/C17H27FN4O/c1-4-19-17(22-12-11-20-16(23)13(2)3)21-10-9-14-7-5-6-8-15(14)18/h5-8,13H,4,9-12H2,1-3H3,(H,20,23)(H2,19,21,22). The highest BCUT2D eigenvalue weighted by Gasteiger charge is 2.05. The van der Waals surface area contributed by atoms with Crippen molar-refractivity contribution in [2.45, 2.75) is 27.2 Å². The number of hydrogen-bond acceptors (Lipinski definition) is 2. The Balaban J connectivity index is 2.38. The number of benzene rings is 1. The lowest BCUT2D eigenvalue weighted by atomic mass is 10.1. The largest absolute Gasteiger partial charge is 0.357 e. The lowest BCUT2D eigenvalue weighted by Crippen LogP contribution is -2.42. The second kappa shape index (κ2) is 10.6. The van der Waals surface area contributed by atoms with Crippen molar-refractivity contribution in [2.24, 2.45) is 10.9 Å². The zero-order valence-corrected chi connectivity index (χ0v) is 14.2. The maximum atomic E-state index is 13.5. The van der Waals surface area contributed by atoms with Gasteiger partial charge in [0.25, 0.3) is 0 Å². The van der Waals surface area contributed by atoms with Crippen molar-refractivity contribution >= 4 is 11.9 Å². The predicted octanol–water partition coefficient (Wildman–Crippen LogP) is 1.70.